The molecule has 1 rings (SSSR count). The van der Waals surface area contributed by atoms with Gasteiger partial charge >= 0.3 is 6.09 Å². The number of halogens is 1. The van der Waals surface area contributed by atoms with E-state index in [1.54, 1.807) is 6.08 Å². The van der Waals surface area contributed by atoms with Crippen LogP contribution in [0.3, 0.4) is 0 Å². The van der Waals surface area contributed by atoms with E-state index in [9.17, 15) is 4.79 Å². The third-order valence-electron chi connectivity index (χ3n) is 2.32. The van der Waals surface area contributed by atoms with Gasteiger partial charge in [0.15, 0.2) is 0 Å². The van der Waals surface area contributed by atoms with E-state index in [4.69, 9.17) is 16.3 Å². The zero-order valence-corrected chi connectivity index (χ0v) is 8.93. The molecule has 1 N–H and O–H groups in total. The molecule has 1 aliphatic rings. The smallest absolute Gasteiger partial charge is 0.408 e. The molecule has 1 amide bonds. The van der Waals surface area contributed by atoms with Crippen molar-refractivity contribution in [2.45, 2.75) is 37.8 Å². The summed E-state index contributed by atoms with van der Waals surface area (Å²) >= 11 is 5.57. The van der Waals surface area contributed by atoms with Crippen LogP contribution in [0.5, 0.6) is 0 Å². The van der Waals surface area contributed by atoms with Crippen LogP contribution >= 0.6 is 11.6 Å². The van der Waals surface area contributed by atoms with Crippen molar-refractivity contribution in [3.63, 3.8) is 0 Å². The second-order valence-corrected chi connectivity index (χ2v) is 3.77. The van der Waals surface area contributed by atoms with Gasteiger partial charge in [0.25, 0.3) is 0 Å². The van der Waals surface area contributed by atoms with E-state index < -0.39 is 0 Å². The van der Waals surface area contributed by atoms with Crippen LogP contribution in [0.1, 0.15) is 25.7 Å². The second kappa shape index (κ2) is 5.91. The number of carbonyl (C=O) groups excluding carboxylic acids is 1. The second-order valence-electron chi connectivity index (χ2n) is 3.39. The molecule has 0 unspecified atom stereocenters. The quantitative estimate of drug-likeness (QED) is 0.422. The fourth-order valence-electron chi connectivity index (χ4n) is 1.56. The van der Waals surface area contributed by atoms with Gasteiger partial charge in [-0.15, -0.1) is 11.6 Å². The van der Waals surface area contributed by atoms with Gasteiger partial charge in [0.2, 0.25) is 0 Å². The molecule has 1 heterocycles. The first kappa shape index (κ1) is 11.4. The Kier molecular flexibility index (Phi) is 4.80. The number of amides is 1. The highest BCUT2D eigenvalue weighted by molar-refractivity contribution is 6.17. The molecule has 0 aromatic carbocycles. The number of nitrogens with one attached hydrogen (secondary N) is 1. The topological polar surface area (TPSA) is 38.3 Å². The molecule has 2 atom stereocenters. The molecule has 0 bridgehead atoms. The Bertz CT molecular complexity index is 208. The van der Waals surface area contributed by atoms with Crippen LogP contribution in [0, 0.1) is 0 Å². The van der Waals surface area contributed by atoms with Crippen molar-refractivity contribution in [1.82, 2.24) is 5.32 Å². The van der Waals surface area contributed by atoms with Crippen LogP contribution < -0.4 is 5.32 Å². The minimum Gasteiger partial charge on any atom is -0.440 e. The van der Waals surface area contributed by atoms with E-state index in [1.165, 1.54) is 0 Å². The minimum absolute atomic E-state index is 0.0929. The third kappa shape index (κ3) is 3.22. The molecule has 80 valence electrons. The van der Waals surface area contributed by atoms with Gasteiger partial charge in [0.05, 0.1) is 6.04 Å². The Morgan fingerprint density at radius 1 is 1.50 bits per heavy atom. The molecule has 0 aliphatic carbocycles. The number of unbranched alkanes of at least 4 members (excludes halogenated alkanes) is 2. The average molecular weight is 218 g/mol. The van der Waals surface area contributed by atoms with Crippen molar-refractivity contribution in [3.8, 4) is 0 Å². The molecule has 1 saturated heterocycles. The molecular weight excluding hydrogens is 202 g/mol. The Balaban J connectivity index is 2.22. The lowest BCUT2D eigenvalue weighted by atomic mass is 10.0. The lowest BCUT2D eigenvalue weighted by Gasteiger charge is -2.12. The first-order valence-corrected chi connectivity index (χ1v) is 5.47. The average Bonchev–Trinajstić information content (AvgIpc) is 2.54. The minimum atomic E-state index is -0.336. The van der Waals surface area contributed by atoms with Gasteiger partial charge in [0.1, 0.15) is 6.10 Å². The van der Waals surface area contributed by atoms with Crippen molar-refractivity contribution < 1.29 is 9.53 Å². The third-order valence-corrected chi connectivity index (χ3v) is 2.59. The predicted octanol–water partition coefficient (Wildman–Crippen LogP) is 2.45. The summed E-state index contributed by atoms with van der Waals surface area (Å²) in [6.45, 7) is 3.63. The number of hydrogen-bond acceptors (Lipinski definition) is 2. The number of alkyl halides is 1. The van der Waals surface area contributed by atoms with Gasteiger partial charge < -0.3 is 10.1 Å². The van der Waals surface area contributed by atoms with Gasteiger partial charge in [0, 0.05) is 5.88 Å². The van der Waals surface area contributed by atoms with E-state index in [2.05, 4.69) is 11.9 Å². The molecule has 0 aromatic rings. The molecule has 14 heavy (non-hydrogen) atoms. The van der Waals surface area contributed by atoms with Crippen LogP contribution in [0.4, 0.5) is 4.79 Å². The maximum Gasteiger partial charge on any atom is 0.408 e. The Hall–Kier alpha value is -0.700. The van der Waals surface area contributed by atoms with Gasteiger partial charge in [-0.2, -0.15) is 0 Å². The summed E-state index contributed by atoms with van der Waals surface area (Å²) in [4.78, 5) is 10.9. The van der Waals surface area contributed by atoms with Gasteiger partial charge in [-0.05, 0) is 18.9 Å². The SMILES string of the molecule is C=C[C@@H]1OC(=O)N[C@@H]1CCCCCCl. The number of cyclic esters (lactones) is 1. The fourth-order valence-corrected chi connectivity index (χ4v) is 1.75. The van der Waals surface area contributed by atoms with Crippen molar-refractivity contribution >= 4 is 17.7 Å². The van der Waals surface area contributed by atoms with Crippen molar-refractivity contribution in [2.75, 3.05) is 5.88 Å². The Labute approximate surface area is 89.5 Å². The van der Waals surface area contributed by atoms with E-state index in [1.807, 2.05) is 0 Å². The predicted molar refractivity (Wildman–Crippen MR) is 56.6 cm³/mol. The summed E-state index contributed by atoms with van der Waals surface area (Å²) in [6.07, 6.45) is 5.28. The highest BCUT2D eigenvalue weighted by atomic mass is 35.5. The van der Waals surface area contributed by atoms with Crippen LogP contribution in [0.25, 0.3) is 0 Å². The monoisotopic (exact) mass is 217 g/mol. The summed E-state index contributed by atoms with van der Waals surface area (Å²) < 4.78 is 4.99. The molecule has 1 aliphatic heterocycles. The first-order chi connectivity index (χ1) is 6.77. The van der Waals surface area contributed by atoms with Crippen molar-refractivity contribution in [2.24, 2.45) is 0 Å². The standard InChI is InChI=1S/C10H16ClNO2/c1-2-9-8(12-10(13)14-9)6-4-3-5-7-11/h2,8-9H,1,3-7H2,(H,12,13)/t8-,9+/m1/s1. The molecule has 1 fully saturated rings. The van der Waals surface area contributed by atoms with Gasteiger partial charge in [-0.25, -0.2) is 4.79 Å². The van der Waals surface area contributed by atoms with Gasteiger partial charge in [-0.3, -0.25) is 0 Å². The highest BCUT2D eigenvalue weighted by Gasteiger charge is 2.30. The fraction of sp³-hybridized carbons (Fsp3) is 0.700. The first-order valence-electron chi connectivity index (χ1n) is 4.93. The molecule has 0 saturated carbocycles. The maximum atomic E-state index is 10.9. The van der Waals surface area contributed by atoms with E-state index in [0.717, 1.165) is 25.7 Å². The van der Waals surface area contributed by atoms with Crippen LogP contribution in [-0.4, -0.2) is 24.1 Å². The van der Waals surface area contributed by atoms with E-state index in [0.29, 0.717) is 5.88 Å². The summed E-state index contributed by atoms with van der Waals surface area (Å²) in [5.74, 6) is 0.707. The zero-order chi connectivity index (χ0) is 10.4. The lowest BCUT2D eigenvalue weighted by Crippen LogP contribution is -2.30. The largest absolute Gasteiger partial charge is 0.440 e. The molecule has 0 spiro atoms. The molecule has 0 aromatic heterocycles. The summed E-state index contributed by atoms with van der Waals surface area (Å²) in [5.41, 5.74) is 0. The molecular formula is C10H16ClNO2. The van der Waals surface area contributed by atoms with E-state index in [-0.39, 0.29) is 18.2 Å². The highest BCUT2D eigenvalue weighted by Crippen LogP contribution is 2.16. The number of carbonyl (C=O) groups is 1. The van der Waals surface area contributed by atoms with Crippen LogP contribution in [0.2, 0.25) is 0 Å². The Morgan fingerprint density at radius 2 is 2.29 bits per heavy atom. The number of alkyl carbamates (subject to hydrolysis) is 1. The number of hydrogen-bond donors (Lipinski definition) is 1. The van der Waals surface area contributed by atoms with Crippen molar-refractivity contribution in [3.05, 3.63) is 12.7 Å². The zero-order valence-electron chi connectivity index (χ0n) is 8.17. The molecule has 3 nitrogen and oxygen atoms in total. The van der Waals surface area contributed by atoms with Crippen molar-refractivity contribution in [1.29, 1.82) is 0 Å². The number of ether oxygens (including phenoxy) is 1. The summed E-state index contributed by atoms with van der Waals surface area (Å²) in [5, 5.41) is 2.77. The summed E-state index contributed by atoms with van der Waals surface area (Å²) in [7, 11) is 0. The van der Waals surface area contributed by atoms with Crippen LogP contribution in [0.15, 0.2) is 12.7 Å². The summed E-state index contributed by atoms with van der Waals surface area (Å²) in [6, 6.07) is 0.0929. The van der Waals surface area contributed by atoms with Crippen LogP contribution in [-0.2, 0) is 4.74 Å². The maximum absolute atomic E-state index is 10.9. The Morgan fingerprint density at radius 3 is 2.93 bits per heavy atom. The molecule has 4 heteroatoms. The molecule has 0 radical (unpaired) electrons. The van der Waals surface area contributed by atoms with Gasteiger partial charge in [-0.1, -0.05) is 19.4 Å². The normalized spacial score (nSPS) is 25.6. The number of rotatable bonds is 6. The lowest BCUT2D eigenvalue weighted by molar-refractivity contribution is 0.152. The van der Waals surface area contributed by atoms with E-state index >= 15 is 0 Å².